The van der Waals surface area contributed by atoms with Crippen LogP contribution in [0.25, 0.3) is 0 Å². The van der Waals surface area contributed by atoms with Gasteiger partial charge in [-0.05, 0) is 12.1 Å². The number of rotatable bonds is 3. The van der Waals surface area contributed by atoms with Gasteiger partial charge >= 0.3 is 0 Å². The van der Waals surface area contributed by atoms with E-state index in [1.807, 2.05) is 66.7 Å². The van der Waals surface area contributed by atoms with E-state index >= 15 is 0 Å². The lowest BCUT2D eigenvalue weighted by Crippen LogP contribution is -3.04. The Morgan fingerprint density at radius 2 is 1.09 bits per heavy atom. The van der Waals surface area contributed by atoms with Crippen LogP contribution in [0.5, 0.6) is 0 Å². The zero-order valence-electron chi connectivity index (χ0n) is 12.6. The normalized spacial score (nSPS) is 16.8. The average Bonchev–Trinajstić information content (AvgIpc) is 3.09. The molecule has 1 unspecified atom stereocenters. The van der Waals surface area contributed by atoms with E-state index in [4.69, 9.17) is 10.1 Å². The summed E-state index contributed by atoms with van der Waals surface area (Å²) in [5, 5.41) is 5.74. The van der Waals surface area contributed by atoms with Crippen LogP contribution in [0.3, 0.4) is 0 Å². The third kappa shape index (κ3) is 2.70. The highest BCUT2D eigenvalue weighted by Gasteiger charge is 2.29. The Balaban J connectivity index is 1.82. The Kier molecular flexibility index (Phi) is 3.54. The minimum atomic E-state index is 0.767. The van der Waals surface area contributed by atoms with Gasteiger partial charge in [-0.1, -0.05) is 71.8 Å². The Morgan fingerprint density at radius 1 is 0.565 bits per heavy atom. The predicted octanol–water partition coefficient (Wildman–Crippen LogP) is 3.03. The molecule has 1 aliphatic rings. The van der Waals surface area contributed by atoms with Crippen LogP contribution in [-0.4, -0.2) is 11.7 Å². The van der Waals surface area contributed by atoms with Crippen molar-refractivity contribution in [2.24, 2.45) is 10.1 Å². The molecule has 0 spiro atoms. The molecule has 3 nitrogen and oxygen atoms in total. The Bertz CT molecular complexity index is 853. The van der Waals surface area contributed by atoms with Gasteiger partial charge in [-0.3, -0.25) is 0 Å². The second-order valence-corrected chi connectivity index (χ2v) is 5.34. The monoisotopic (exact) mass is 298 g/mol. The molecular formula is C20H16N3+. The van der Waals surface area contributed by atoms with Gasteiger partial charge in [0.25, 0.3) is 5.84 Å². The lowest BCUT2D eigenvalue weighted by Gasteiger charge is -2.09. The number of benzene rings is 3. The molecule has 4 rings (SSSR count). The number of aliphatic imine (C=N–C) groups is 1. The van der Waals surface area contributed by atoms with Crippen molar-refractivity contribution < 1.29 is 5.01 Å². The van der Waals surface area contributed by atoms with Crippen molar-refractivity contribution in [2.75, 3.05) is 0 Å². The van der Waals surface area contributed by atoms with Gasteiger partial charge in [-0.15, -0.1) is 5.01 Å². The van der Waals surface area contributed by atoms with Crippen molar-refractivity contribution in [3.05, 3.63) is 102 Å². The predicted molar refractivity (Wildman–Crippen MR) is 93.0 cm³/mol. The molecular weight excluding hydrogens is 282 g/mol. The van der Waals surface area contributed by atoms with Crippen molar-refractivity contribution >= 4 is 17.4 Å². The molecule has 3 aromatic carbocycles. The molecule has 1 heterocycles. The summed E-state index contributed by atoms with van der Waals surface area (Å²) in [5.41, 5.74) is 3.20. The van der Waals surface area contributed by atoms with E-state index in [2.05, 4.69) is 24.3 Å². The molecule has 3 aromatic rings. The van der Waals surface area contributed by atoms with E-state index in [1.54, 1.807) is 0 Å². The smallest absolute Gasteiger partial charge is 0.168 e. The Morgan fingerprint density at radius 3 is 1.70 bits per heavy atom. The summed E-state index contributed by atoms with van der Waals surface area (Å²) in [4.78, 5) is 4.82. The van der Waals surface area contributed by atoms with E-state index in [9.17, 15) is 0 Å². The molecule has 110 valence electrons. The summed E-state index contributed by atoms with van der Waals surface area (Å²) in [5.74, 6) is 1.69. The molecule has 23 heavy (non-hydrogen) atoms. The van der Waals surface area contributed by atoms with Crippen LogP contribution in [0.1, 0.15) is 11.1 Å². The second-order valence-electron chi connectivity index (χ2n) is 5.34. The van der Waals surface area contributed by atoms with Crippen LogP contribution in [0.4, 0.5) is 5.69 Å². The number of hydrogen-bond acceptors (Lipinski definition) is 2. The zero-order valence-corrected chi connectivity index (χ0v) is 12.6. The molecule has 1 aliphatic heterocycles. The number of quaternary nitrogens is 1. The molecule has 0 aromatic heterocycles. The standard InChI is InChI=1S/C20H15N3/c1-4-10-16(11-5-1)19-21-20(17-12-6-2-7-13-17)23(22-19)18-14-8-3-9-15-18/h1-15H/p+1. The molecule has 3 heteroatoms. The molecule has 1 atom stereocenters. The first-order chi connectivity index (χ1) is 11.4. The first-order valence-corrected chi connectivity index (χ1v) is 7.63. The summed E-state index contributed by atoms with van der Waals surface area (Å²) in [6.07, 6.45) is 0. The van der Waals surface area contributed by atoms with Crippen molar-refractivity contribution in [3.63, 3.8) is 0 Å². The number of nitrogens with zero attached hydrogens (tertiary/aromatic N) is 2. The maximum absolute atomic E-state index is 4.82. The summed E-state index contributed by atoms with van der Waals surface area (Å²) in [6.45, 7) is 0. The molecule has 0 saturated heterocycles. The van der Waals surface area contributed by atoms with Crippen molar-refractivity contribution in [2.45, 2.75) is 0 Å². The topological polar surface area (TPSA) is 29.2 Å². The fourth-order valence-electron chi connectivity index (χ4n) is 2.65. The lowest BCUT2D eigenvalue weighted by molar-refractivity contribution is -0.734. The first kappa shape index (κ1) is 13.6. The SMILES string of the molecule is c1ccc(C2=N[NH+](c3ccccc3)C(c3ccccc3)=N2)cc1. The van der Waals surface area contributed by atoms with Crippen LogP contribution in [0.15, 0.2) is 101 Å². The third-order valence-corrected chi connectivity index (χ3v) is 3.79. The largest absolute Gasteiger partial charge is 0.267 e. The third-order valence-electron chi connectivity index (χ3n) is 3.79. The summed E-state index contributed by atoms with van der Waals surface area (Å²) in [6, 6.07) is 30.5. The van der Waals surface area contributed by atoms with E-state index in [-0.39, 0.29) is 0 Å². The molecule has 0 amide bonds. The molecule has 1 N–H and O–H groups in total. The highest BCUT2D eigenvalue weighted by atomic mass is 15.5. The Hall–Kier alpha value is -3.04. The maximum atomic E-state index is 4.82. The first-order valence-electron chi connectivity index (χ1n) is 7.63. The van der Waals surface area contributed by atoms with Gasteiger partial charge in [-0.25, -0.2) is 0 Å². The number of amidine groups is 2. The Labute approximate surface area is 135 Å². The summed E-state index contributed by atoms with van der Waals surface area (Å²) >= 11 is 0. The minimum Gasteiger partial charge on any atom is -0.168 e. The van der Waals surface area contributed by atoms with Crippen molar-refractivity contribution in [1.82, 2.24) is 0 Å². The van der Waals surface area contributed by atoms with E-state index in [1.165, 1.54) is 0 Å². The van der Waals surface area contributed by atoms with Crippen molar-refractivity contribution in [3.8, 4) is 0 Å². The van der Waals surface area contributed by atoms with Gasteiger partial charge in [0, 0.05) is 17.7 Å². The maximum Gasteiger partial charge on any atom is 0.267 e. The van der Waals surface area contributed by atoms with Gasteiger partial charge in [0.2, 0.25) is 5.84 Å². The van der Waals surface area contributed by atoms with Crippen LogP contribution in [0, 0.1) is 0 Å². The van der Waals surface area contributed by atoms with Gasteiger partial charge in [0.05, 0.1) is 5.56 Å². The van der Waals surface area contributed by atoms with Gasteiger partial charge in [-0.2, -0.15) is 4.99 Å². The highest BCUT2D eigenvalue weighted by Crippen LogP contribution is 2.11. The van der Waals surface area contributed by atoms with Crippen LogP contribution >= 0.6 is 0 Å². The summed E-state index contributed by atoms with van der Waals surface area (Å²) in [7, 11) is 0. The molecule has 0 radical (unpaired) electrons. The van der Waals surface area contributed by atoms with E-state index in [0.29, 0.717) is 0 Å². The molecule has 0 aliphatic carbocycles. The van der Waals surface area contributed by atoms with Crippen LogP contribution < -0.4 is 5.01 Å². The molecule has 0 bridgehead atoms. The number of hydrogen-bond donors (Lipinski definition) is 1. The van der Waals surface area contributed by atoms with E-state index in [0.717, 1.165) is 33.5 Å². The summed E-state index contributed by atoms with van der Waals surface area (Å²) < 4.78 is 0. The van der Waals surface area contributed by atoms with Gasteiger partial charge < -0.3 is 0 Å². The van der Waals surface area contributed by atoms with E-state index < -0.39 is 0 Å². The molecule has 0 saturated carbocycles. The fraction of sp³-hybridized carbons (Fsp3) is 0. The fourth-order valence-corrected chi connectivity index (χ4v) is 2.65. The number of nitrogens with one attached hydrogen (secondary N) is 1. The second kappa shape index (κ2) is 5.99. The number of para-hydroxylation sites is 1. The zero-order chi connectivity index (χ0) is 15.5. The highest BCUT2D eigenvalue weighted by molar-refractivity contribution is 6.11. The van der Waals surface area contributed by atoms with Crippen LogP contribution in [-0.2, 0) is 0 Å². The minimum absolute atomic E-state index is 0.767. The molecule has 0 fully saturated rings. The lowest BCUT2D eigenvalue weighted by atomic mass is 10.2. The van der Waals surface area contributed by atoms with Crippen molar-refractivity contribution in [1.29, 1.82) is 0 Å². The average molecular weight is 298 g/mol. The quantitative estimate of drug-likeness (QED) is 0.770. The van der Waals surface area contributed by atoms with Gasteiger partial charge in [0.15, 0.2) is 5.69 Å². The van der Waals surface area contributed by atoms with Gasteiger partial charge in [0.1, 0.15) is 0 Å². The van der Waals surface area contributed by atoms with Crippen LogP contribution in [0.2, 0.25) is 0 Å².